The van der Waals surface area contributed by atoms with Crippen LogP contribution in [0.3, 0.4) is 0 Å². The van der Waals surface area contributed by atoms with E-state index in [4.69, 9.17) is 5.26 Å². The van der Waals surface area contributed by atoms with Crippen LogP contribution in [0.2, 0.25) is 0 Å². The topological polar surface area (TPSA) is 82.0 Å². The minimum absolute atomic E-state index is 0.0157. The zero-order valence-electron chi connectivity index (χ0n) is 11.6. The van der Waals surface area contributed by atoms with E-state index in [0.29, 0.717) is 13.0 Å². The van der Waals surface area contributed by atoms with Gasteiger partial charge in [0.15, 0.2) is 0 Å². The van der Waals surface area contributed by atoms with Crippen molar-refractivity contribution in [1.29, 1.82) is 5.26 Å². The van der Waals surface area contributed by atoms with Gasteiger partial charge in [0.05, 0.1) is 6.07 Å². The number of hydrogen-bond acceptors (Lipinski definition) is 3. The van der Waals surface area contributed by atoms with Gasteiger partial charge in [0.2, 0.25) is 11.8 Å². The molecule has 0 heterocycles. The summed E-state index contributed by atoms with van der Waals surface area (Å²) in [6, 6.07) is 9.06. The molecule has 0 unspecified atom stereocenters. The predicted molar refractivity (Wildman–Crippen MR) is 76.7 cm³/mol. The van der Waals surface area contributed by atoms with E-state index >= 15 is 0 Å². The summed E-state index contributed by atoms with van der Waals surface area (Å²) in [4.78, 5) is 22.7. The second-order valence-corrected chi connectivity index (χ2v) is 4.46. The van der Waals surface area contributed by atoms with Crippen LogP contribution in [-0.2, 0) is 16.1 Å². The lowest BCUT2D eigenvalue weighted by atomic mass is 10.2. The Balaban J connectivity index is 2.42. The Morgan fingerprint density at radius 2 is 1.90 bits per heavy atom. The number of rotatable bonds is 7. The van der Waals surface area contributed by atoms with Crippen molar-refractivity contribution in [2.45, 2.75) is 39.2 Å². The minimum atomic E-state index is -0.288. The first-order chi connectivity index (χ1) is 9.65. The van der Waals surface area contributed by atoms with Crippen molar-refractivity contribution in [2.24, 2.45) is 0 Å². The van der Waals surface area contributed by atoms with Crippen LogP contribution in [0.1, 0.15) is 38.2 Å². The van der Waals surface area contributed by atoms with E-state index in [-0.39, 0.29) is 18.2 Å². The predicted octanol–water partition coefficient (Wildman–Crippen LogP) is 2.35. The van der Waals surface area contributed by atoms with E-state index in [0.717, 1.165) is 24.1 Å². The van der Waals surface area contributed by atoms with Gasteiger partial charge in [-0.1, -0.05) is 25.5 Å². The van der Waals surface area contributed by atoms with Crippen molar-refractivity contribution >= 4 is 17.5 Å². The van der Waals surface area contributed by atoms with Gasteiger partial charge in [0, 0.05) is 18.7 Å². The lowest BCUT2D eigenvalue weighted by Gasteiger charge is -2.07. The van der Waals surface area contributed by atoms with Crippen molar-refractivity contribution in [3.8, 4) is 6.07 Å². The molecule has 0 aromatic heterocycles. The van der Waals surface area contributed by atoms with Gasteiger partial charge in [0.25, 0.3) is 0 Å². The molecule has 1 aromatic rings. The van der Waals surface area contributed by atoms with Crippen LogP contribution in [0.15, 0.2) is 24.3 Å². The van der Waals surface area contributed by atoms with Crippen molar-refractivity contribution in [1.82, 2.24) is 5.32 Å². The van der Waals surface area contributed by atoms with Crippen molar-refractivity contribution in [3.63, 3.8) is 0 Å². The fourth-order valence-corrected chi connectivity index (χ4v) is 1.60. The Morgan fingerprint density at radius 1 is 1.20 bits per heavy atom. The number of nitrogens with zero attached hydrogens (tertiary/aromatic N) is 1. The molecule has 5 heteroatoms. The number of nitrogens with one attached hydrogen (secondary N) is 2. The van der Waals surface area contributed by atoms with Crippen LogP contribution >= 0.6 is 0 Å². The van der Waals surface area contributed by atoms with Crippen molar-refractivity contribution in [3.05, 3.63) is 29.8 Å². The van der Waals surface area contributed by atoms with Gasteiger partial charge in [-0.15, -0.1) is 0 Å². The maximum atomic E-state index is 11.5. The molecule has 0 spiro atoms. The molecule has 0 aliphatic rings. The quantitative estimate of drug-likeness (QED) is 0.800. The summed E-state index contributed by atoms with van der Waals surface area (Å²) in [6.45, 7) is 2.42. The largest absolute Gasteiger partial charge is 0.351 e. The number of amides is 2. The van der Waals surface area contributed by atoms with Crippen LogP contribution in [0.4, 0.5) is 5.69 Å². The average Bonchev–Trinajstić information content (AvgIpc) is 2.45. The van der Waals surface area contributed by atoms with Gasteiger partial charge < -0.3 is 10.6 Å². The highest BCUT2D eigenvalue weighted by atomic mass is 16.2. The molecule has 0 aliphatic heterocycles. The van der Waals surface area contributed by atoms with E-state index in [1.807, 2.05) is 19.1 Å². The monoisotopic (exact) mass is 273 g/mol. The first-order valence-corrected chi connectivity index (χ1v) is 6.68. The maximum absolute atomic E-state index is 11.5. The van der Waals surface area contributed by atoms with Crippen LogP contribution in [0.25, 0.3) is 0 Å². The molecule has 0 saturated carbocycles. The second-order valence-electron chi connectivity index (χ2n) is 4.46. The van der Waals surface area contributed by atoms with E-state index in [9.17, 15) is 9.59 Å². The molecule has 5 nitrogen and oxygen atoms in total. The molecule has 0 saturated heterocycles. The highest BCUT2D eigenvalue weighted by molar-refractivity contribution is 5.90. The average molecular weight is 273 g/mol. The van der Waals surface area contributed by atoms with Crippen LogP contribution < -0.4 is 10.6 Å². The molecule has 0 fully saturated rings. The third kappa shape index (κ3) is 6.01. The zero-order chi connectivity index (χ0) is 14.8. The number of carbonyl (C=O) groups is 2. The second kappa shape index (κ2) is 8.70. The highest BCUT2D eigenvalue weighted by Gasteiger charge is 2.03. The Bertz CT molecular complexity index is 489. The lowest BCUT2D eigenvalue weighted by molar-refractivity contribution is -0.120. The molecule has 20 heavy (non-hydrogen) atoms. The van der Waals surface area contributed by atoms with Gasteiger partial charge in [-0.2, -0.15) is 5.26 Å². The summed E-state index contributed by atoms with van der Waals surface area (Å²) in [5, 5.41) is 13.8. The van der Waals surface area contributed by atoms with Gasteiger partial charge in [-0.05, 0) is 24.1 Å². The molecule has 0 radical (unpaired) electrons. The first-order valence-electron chi connectivity index (χ1n) is 6.68. The van der Waals surface area contributed by atoms with Gasteiger partial charge in [-0.25, -0.2) is 0 Å². The Kier molecular flexibility index (Phi) is 6.83. The number of hydrogen-bond donors (Lipinski definition) is 2. The zero-order valence-corrected chi connectivity index (χ0v) is 11.6. The molecular weight excluding hydrogens is 254 g/mol. The summed E-state index contributed by atoms with van der Waals surface area (Å²) in [5.74, 6) is -0.272. The summed E-state index contributed by atoms with van der Waals surface area (Å²) in [5.41, 5.74) is 1.67. The summed E-state index contributed by atoms with van der Waals surface area (Å²) in [7, 11) is 0. The third-order valence-electron chi connectivity index (χ3n) is 2.72. The Hall–Kier alpha value is -2.35. The maximum Gasteiger partial charge on any atom is 0.234 e. The number of carbonyl (C=O) groups excluding carboxylic acids is 2. The summed E-state index contributed by atoms with van der Waals surface area (Å²) in [6.07, 6.45) is 2.28. The number of anilines is 1. The smallest absolute Gasteiger partial charge is 0.234 e. The summed E-state index contributed by atoms with van der Waals surface area (Å²) < 4.78 is 0. The number of nitriles is 1. The molecule has 0 bridgehead atoms. The van der Waals surface area contributed by atoms with Crippen molar-refractivity contribution in [2.75, 3.05) is 5.32 Å². The van der Waals surface area contributed by atoms with E-state index < -0.39 is 0 Å². The van der Waals surface area contributed by atoms with Gasteiger partial charge in [0.1, 0.15) is 6.42 Å². The summed E-state index contributed by atoms with van der Waals surface area (Å²) >= 11 is 0. The fraction of sp³-hybridized carbons (Fsp3) is 0.400. The molecule has 0 atom stereocenters. The lowest BCUT2D eigenvalue weighted by Crippen LogP contribution is -2.21. The van der Waals surface area contributed by atoms with Gasteiger partial charge in [-0.3, -0.25) is 9.59 Å². The number of unbranched alkanes of at least 4 members (excludes halogenated alkanes) is 1. The Morgan fingerprint density at radius 3 is 2.50 bits per heavy atom. The third-order valence-corrected chi connectivity index (χ3v) is 2.72. The van der Waals surface area contributed by atoms with E-state index in [2.05, 4.69) is 10.6 Å². The molecule has 1 rings (SSSR count). The molecule has 0 aliphatic carbocycles. The Labute approximate surface area is 119 Å². The first kappa shape index (κ1) is 15.7. The molecule has 1 aromatic carbocycles. The molecule has 2 N–H and O–H groups in total. The van der Waals surface area contributed by atoms with E-state index in [1.54, 1.807) is 18.2 Å². The van der Waals surface area contributed by atoms with Gasteiger partial charge >= 0.3 is 0 Å². The van der Waals surface area contributed by atoms with Crippen LogP contribution in [0.5, 0.6) is 0 Å². The molecule has 2 amide bonds. The van der Waals surface area contributed by atoms with Crippen LogP contribution in [-0.4, -0.2) is 11.8 Å². The number of benzene rings is 1. The highest BCUT2D eigenvalue weighted by Crippen LogP contribution is 2.10. The minimum Gasteiger partial charge on any atom is -0.351 e. The molecule has 106 valence electrons. The van der Waals surface area contributed by atoms with Crippen molar-refractivity contribution < 1.29 is 9.59 Å². The van der Waals surface area contributed by atoms with E-state index in [1.165, 1.54) is 0 Å². The van der Waals surface area contributed by atoms with Crippen LogP contribution in [0, 0.1) is 11.3 Å². The molecular formula is C15H19N3O2. The standard InChI is InChI=1S/C15H19N3O2/c1-2-3-4-15(20)18-13-7-5-12(6-8-13)11-17-14(19)9-10-16/h5-8H,2-4,9,11H2,1H3,(H,17,19)(H,18,20). The fourth-order valence-electron chi connectivity index (χ4n) is 1.60. The SMILES string of the molecule is CCCCC(=O)Nc1ccc(CNC(=O)CC#N)cc1. The normalized spacial score (nSPS) is 9.60.